The summed E-state index contributed by atoms with van der Waals surface area (Å²) in [6, 6.07) is 5.06. The number of ether oxygens (including phenoxy) is 1. The highest BCUT2D eigenvalue weighted by Crippen LogP contribution is 2.38. The van der Waals surface area contributed by atoms with E-state index < -0.39 is 18.4 Å². The first-order valence-electron chi connectivity index (χ1n) is 11.2. The fourth-order valence-electron chi connectivity index (χ4n) is 3.77. The molecular formula is C22H27N5O3. The second kappa shape index (κ2) is 6.91. The Hall–Kier alpha value is -3.26. The highest BCUT2D eigenvalue weighted by atomic mass is 16.5. The largest absolute Gasteiger partial charge is 0.508 e. The lowest BCUT2D eigenvalue weighted by molar-refractivity contribution is 0.100. The first kappa shape index (κ1) is 16.5. The standard InChI is InChI=1S/C22H27N5O3/c1-11-5-6-15(28)13(3)17(11)27-18(23)16(19(24)29)14-9-12(2)21(26-20(14)27)30-10-22(25-4)7-8-22/h5-6,9,25,28H,7-8,10,23H2,1-4H3,(H2,24,29)/i4D3. The Bertz CT molecular complexity index is 1280. The first-order chi connectivity index (χ1) is 15.3. The van der Waals surface area contributed by atoms with E-state index in [2.05, 4.69) is 10.3 Å². The molecule has 2 aromatic heterocycles. The van der Waals surface area contributed by atoms with Crippen molar-refractivity contribution in [2.45, 2.75) is 39.2 Å². The summed E-state index contributed by atoms with van der Waals surface area (Å²) in [6.07, 6.45) is 1.37. The van der Waals surface area contributed by atoms with E-state index in [-0.39, 0.29) is 23.7 Å². The molecule has 0 spiro atoms. The number of likely N-dealkylation sites (N-methyl/N-ethyl adjacent to an activating group) is 1. The number of aromatic hydroxyl groups is 1. The third-order valence-electron chi connectivity index (χ3n) is 5.80. The van der Waals surface area contributed by atoms with Gasteiger partial charge in [-0.2, -0.15) is 4.98 Å². The van der Waals surface area contributed by atoms with Crippen LogP contribution in [0.5, 0.6) is 11.6 Å². The molecule has 8 heteroatoms. The summed E-state index contributed by atoms with van der Waals surface area (Å²) in [5.74, 6) is -0.208. The van der Waals surface area contributed by atoms with Crippen molar-refractivity contribution in [3.63, 3.8) is 0 Å². The zero-order chi connectivity index (χ0) is 24.3. The monoisotopic (exact) mass is 412 g/mol. The minimum atomic E-state index is -2.27. The molecule has 158 valence electrons. The van der Waals surface area contributed by atoms with Gasteiger partial charge in [0.05, 0.1) is 16.8 Å². The molecule has 30 heavy (non-hydrogen) atoms. The van der Waals surface area contributed by atoms with Gasteiger partial charge in [0.2, 0.25) is 5.88 Å². The summed E-state index contributed by atoms with van der Waals surface area (Å²) in [5, 5.41) is 13.4. The minimum absolute atomic E-state index is 0.0764. The molecule has 1 amide bonds. The molecule has 0 radical (unpaired) electrons. The number of amides is 1. The number of carbonyl (C=O) groups is 1. The molecule has 0 atom stereocenters. The van der Waals surface area contributed by atoms with Crippen molar-refractivity contribution in [1.29, 1.82) is 0 Å². The van der Waals surface area contributed by atoms with Crippen LogP contribution in [0.15, 0.2) is 18.2 Å². The summed E-state index contributed by atoms with van der Waals surface area (Å²) in [6.45, 7) is 3.25. The van der Waals surface area contributed by atoms with E-state index in [0.29, 0.717) is 46.6 Å². The molecule has 0 saturated heterocycles. The molecule has 1 aliphatic rings. The molecule has 1 fully saturated rings. The molecule has 1 aromatic carbocycles. The number of carbonyl (C=O) groups excluding carboxylic acids is 1. The summed E-state index contributed by atoms with van der Waals surface area (Å²) in [4.78, 5) is 16.9. The second-order valence-corrected chi connectivity index (χ2v) is 8.01. The molecule has 3 aromatic rings. The number of nitrogens with zero attached hydrogens (tertiary/aromatic N) is 2. The average molecular weight is 413 g/mol. The van der Waals surface area contributed by atoms with Crippen LogP contribution in [0.1, 0.15) is 44.0 Å². The maximum Gasteiger partial charge on any atom is 0.253 e. The molecule has 1 saturated carbocycles. The molecule has 4 rings (SSSR count). The van der Waals surface area contributed by atoms with E-state index >= 15 is 0 Å². The zero-order valence-electron chi connectivity index (χ0n) is 20.2. The van der Waals surface area contributed by atoms with Crippen LogP contribution >= 0.6 is 0 Å². The van der Waals surface area contributed by atoms with Crippen LogP contribution in [0.25, 0.3) is 16.7 Å². The topological polar surface area (TPSA) is 128 Å². The van der Waals surface area contributed by atoms with Crippen LogP contribution in [0.4, 0.5) is 5.82 Å². The number of aromatic nitrogens is 2. The quantitative estimate of drug-likeness (QED) is 0.492. The van der Waals surface area contributed by atoms with Crippen molar-refractivity contribution in [3.8, 4) is 17.3 Å². The fraction of sp³-hybridized carbons (Fsp3) is 0.364. The second-order valence-electron chi connectivity index (χ2n) is 8.01. The number of phenols is 1. The number of pyridine rings is 1. The van der Waals surface area contributed by atoms with E-state index in [4.69, 9.17) is 20.3 Å². The normalized spacial score (nSPS) is 16.7. The van der Waals surface area contributed by atoms with Gasteiger partial charge in [0.15, 0.2) is 5.65 Å². The zero-order valence-corrected chi connectivity index (χ0v) is 17.2. The van der Waals surface area contributed by atoms with Crippen molar-refractivity contribution in [3.05, 3.63) is 40.5 Å². The van der Waals surface area contributed by atoms with Gasteiger partial charge in [-0.15, -0.1) is 0 Å². The van der Waals surface area contributed by atoms with Crippen LogP contribution in [0.2, 0.25) is 0 Å². The average Bonchev–Trinajstić information content (AvgIpc) is 3.39. The van der Waals surface area contributed by atoms with Crippen molar-refractivity contribution >= 4 is 22.8 Å². The number of primary amides is 1. The first-order valence-corrected chi connectivity index (χ1v) is 9.66. The number of anilines is 1. The van der Waals surface area contributed by atoms with E-state index in [1.54, 1.807) is 36.6 Å². The Kier molecular flexibility index (Phi) is 3.81. The maximum atomic E-state index is 12.3. The predicted molar refractivity (Wildman–Crippen MR) is 116 cm³/mol. The smallest absolute Gasteiger partial charge is 0.253 e. The van der Waals surface area contributed by atoms with Gasteiger partial charge in [-0.1, -0.05) is 6.07 Å². The number of hydrogen-bond donors (Lipinski definition) is 4. The third-order valence-corrected chi connectivity index (χ3v) is 5.80. The highest BCUT2D eigenvalue weighted by molar-refractivity contribution is 6.11. The molecular weight excluding hydrogens is 382 g/mol. The van der Waals surface area contributed by atoms with Crippen LogP contribution < -0.4 is 21.5 Å². The molecule has 8 nitrogen and oxygen atoms in total. The summed E-state index contributed by atoms with van der Waals surface area (Å²) < 4.78 is 30.0. The molecule has 0 aliphatic heterocycles. The van der Waals surface area contributed by atoms with Gasteiger partial charge in [0, 0.05) is 20.6 Å². The lowest BCUT2D eigenvalue weighted by atomic mass is 10.1. The van der Waals surface area contributed by atoms with Crippen LogP contribution in [-0.2, 0) is 0 Å². The van der Waals surface area contributed by atoms with E-state index in [0.717, 1.165) is 5.56 Å². The van der Waals surface area contributed by atoms with Crippen molar-refractivity contribution in [2.75, 3.05) is 19.3 Å². The third kappa shape index (κ3) is 3.04. The van der Waals surface area contributed by atoms with Gasteiger partial charge in [-0.3, -0.25) is 9.36 Å². The van der Waals surface area contributed by atoms with Gasteiger partial charge < -0.3 is 26.6 Å². The van der Waals surface area contributed by atoms with Gasteiger partial charge >= 0.3 is 0 Å². The van der Waals surface area contributed by atoms with Gasteiger partial charge in [-0.25, -0.2) is 0 Å². The van der Waals surface area contributed by atoms with Crippen molar-refractivity contribution in [1.82, 2.24) is 14.9 Å². The lowest BCUT2D eigenvalue weighted by Gasteiger charge is -2.17. The SMILES string of the molecule is [2H]C([2H])([2H])NC1(COc2nc3c(cc2C)c(C(N)=O)c(N)n3-c2c(C)ccc(O)c2C)CC1. The number of rotatable bonds is 6. The molecule has 1 aliphatic carbocycles. The van der Waals surface area contributed by atoms with Crippen LogP contribution in [-0.4, -0.2) is 39.7 Å². The van der Waals surface area contributed by atoms with Crippen LogP contribution in [0.3, 0.4) is 0 Å². The van der Waals surface area contributed by atoms with Crippen molar-refractivity contribution < 1.29 is 18.8 Å². The summed E-state index contributed by atoms with van der Waals surface area (Å²) >= 11 is 0. The van der Waals surface area contributed by atoms with Crippen LogP contribution in [0, 0.1) is 20.8 Å². The van der Waals surface area contributed by atoms with E-state index in [9.17, 15) is 9.90 Å². The number of benzene rings is 1. The number of phenolic OH excluding ortho intramolecular Hbond substituents is 1. The Balaban J connectivity index is 1.85. The number of fused-ring (bicyclic) bond motifs is 1. The Morgan fingerprint density at radius 1 is 1.37 bits per heavy atom. The van der Waals surface area contributed by atoms with E-state index in [1.807, 2.05) is 6.92 Å². The van der Waals surface area contributed by atoms with Gasteiger partial charge in [0.25, 0.3) is 5.91 Å². The number of nitrogens with one attached hydrogen (secondary N) is 1. The van der Waals surface area contributed by atoms with Gasteiger partial charge in [0.1, 0.15) is 18.2 Å². The lowest BCUT2D eigenvalue weighted by Crippen LogP contribution is -2.34. The number of nitrogens with two attached hydrogens (primary N) is 2. The number of nitrogen functional groups attached to an aromatic ring is 1. The van der Waals surface area contributed by atoms with Gasteiger partial charge in [-0.05, 0) is 58.3 Å². The fourth-order valence-corrected chi connectivity index (χ4v) is 3.77. The molecule has 6 N–H and O–H groups in total. The maximum absolute atomic E-state index is 12.3. The van der Waals surface area contributed by atoms with Crippen molar-refractivity contribution in [2.24, 2.45) is 5.73 Å². The number of hydrogen-bond acceptors (Lipinski definition) is 6. The Morgan fingerprint density at radius 3 is 2.73 bits per heavy atom. The minimum Gasteiger partial charge on any atom is -0.508 e. The van der Waals surface area contributed by atoms with E-state index in [1.165, 1.54) is 0 Å². The molecule has 2 heterocycles. The predicted octanol–water partition coefficient (Wildman–Crippen LogP) is 2.47. The summed E-state index contributed by atoms with van der Waals surface area (Å²) in [5.41, 5.74) is 14.5. The Labute approximate surface area is 179 Å². The highest BCUT2D eigenvalue weighted by Gasteiger charge is 2.42. The molecule has 0 unspecified atom stereocenters. The molecule has 0 bridgehead atoms. The number of aryl methyl sites for hydroxylation is 2. The Morgan fingerprint density at radius 2 is 2.10 bits per heavy atom. The summed E-state index contributed by atoms with van der Waals surface area (Å²) in [7, 11) is 0.